The first kappa shape index (κ1) is 46.4. The van der Waals surface area contributed by atoms with Gasteiger partial charge in [-0.25, -0.2) is 4.98 Å². The van der Waals surface area contributed by atoms with Gasteiger partial charge in [0.15, 0.2) is 17.4 Å². The number of carbonyl (C=O) groups is 1. The predicted octanol–water partition coefficient (Wildman–Crippen LogP) is 9.15. The maximum atomic E-state index is 12.8. The number of aromatic nitrogens is 4. The van der Waals surface area contributed by atoms with Crippen LogP contribution >= 0.6 is 0 Å². The minimum Gasteiger partial charge on any atom is -0.497 e. The highest BCUT2D eigenvalue weighted by Gasteiger charge is 2.47. The van der Waals surface area contributed by atoms with E-state index in [1.54, 1.807) is 32.6 Å². The number of aliphatic hydroxyl groups is 2. The van der Waals surface area contributed by atoms with E-state index < -0.39 is 30.1 Å². The molecular formula is C49H65N5O8. The lowest BCUT2D eigenvalue weighted by Gasteiger charge is -2.37. The van der Waals surface area contributed by atoms with Crippen LogP contribution in [0.5, 0.6) is 17.4 Å². The number of nitrogens with zero attached hydrogens (tertiary/aromatic N) is 4. The minimum absolute atomic E-state index is 0.0437. The van der Waals surface area contributed by atoms with Crippen LogP contribution in [0.15, 0.2) is 85.2 Å². The van der Waals surface area contributed by atoms with Crippen molar-refractivity contribution in [2.24, 2.45) is 5.92 Å². The molecule has 0 saturated carbocycles. The highest BCUT2D eigenvalue weighted by molar-refractivity contribution is 5.91. The van der Waals surface area contributed by atoms with Gasteiger partial charge in [-0.05, 0) is 47.4 Å². The number of imidazole rings is 1. The minimum atomic E-state index is -1.39. The Morgan fingerprint density at radius 3 is 1.85 bits per heavy atom. The Kier molecular flexibility index (Phi) is 17.1. The number of methoxy groups -OCH3 is 2. The van der Waals surface area contributed by atoms with Crippen LogP contribution in [0.25, 0.3) is 11.2 Å². The third kappa shape index (κ3) is 11.3. The lowest BCUT2D eigenvalue weighted by atomic mass is 9.80. The summed E-state index contributed by atoms with van der Waals surface area (Å²) in [5.74, 6) is 1.05. The summed E-state index contributed by atoms with van der Waals surface area (Å²) in [6, 6.07) is 25.1. The monoisotopic (exact) mass is 851 g/mol. The van der Waals surface area contributed by atoms with Gasteiger partial charge < -0.3 is 33.9 Å². The van der Waals surface area contributed by atoms with Crippen molar-refractivity contribution in [1.29, 1.82) is 0 Å². The van der Waals surface area contributed by atoms with Gasteiger partial charge in [-0.1, -0.05) is 146 Å². The van der Waals surface area contributed by atoms with Crippen LogP contribution in [0.4, 0.5) is 5.95 Å². The number of amides is 1. The maximum Gasteiger partial charge on any atom is 0.247 e. The molecule has 13 nitrogen and oxygen atoms in total. The summed E-state index contributed by atoms with van der Waals surface area (Å²) >= 11 is 0. The first-order valence-corrected chi connectivity index (χ1v) is 22.4. The summed E-state index contributed by atoms with van der Waals surface area (Å²) in [6.07, 6.45) is 11.4. The Labute approximate surface area is 366 Å². The SMILES string of the molecule is CCCCCCCCCCCCCCOc1nc(NC(=O)C(C)C)nc2c1ncn2C1OC(COC(c2ccccc2)(c2ccc(OC)cc2)c2ccc(OC)cc2)C(O)C1O. The smallest absolute Gasteiger partial charge is 0.247 e. The Morgan fingerprint density at radius 2 is 1.31 bits per heavy atom. The normalized spacial score (nSPS) is 17.7. The van der Waals surface area contributed by atoms with Crippen LogP contribution in [-0.4, -0.2) is 81.4 Å². The van der Waals surface area contributed by atoms with Crippen molar-refractivity contribution in [3.8, 4) is 17.4 Å². The number of aliphatic hydroxyl groups excluding tert-OH is 2. The van der Waals surface area contributed by atoms with E-state index in [4.69, 9.17) is 23.7 Å². The molecule has 2 aromatic heterocycles. The third-order valence-electron chi connectivity index (χ3n) is 11.6. The van der Waals surface area contributed by atoms with E-state index >= 15 is 0 Å². The van der Waals surface area contributed by atoms with E-state index in [9.17, 15) is 15.0 Å². The van der Waals surface area contributed by atoms with Crippen LogP contribution in [0, 0.1) is 5.92 Å². The molecule has 0 aliphatic carbocycles. The molecular weight excluding hydrogens is 787 g/mol. The number of ether oxygens (including phenoxy) is 5. The van der Waals surface area contributed by atoms with Gasteiger partial charge in [0.25, 0.3) is 0 Å². The van der Waals surface area contributed by atoms with E-state index in [-0.39, 0.29) is 35.9 Å². The molecule has 1 aliphatic heterocycles. The second kappa shape index (κ2) is 22.8. The van der Waals surface area contributed by atoms with Crippen molar-refractivity contribution in [3.63, 3.8) is 0 Å². The lowest BCUT2D eigenvalue weighted by Crippen LogP contribution is -2.39. The molecule has 1 aliphatic rings. The van der Waals surface area contributed by atoms with Crippen LogP contribution in [-0.2, 0) is 19.9 Å². The largest absolute Gasteiger partial charge is 0.497 e. The molecule has 13 heteroatoms. The Bertz CT molecular complexity index is 2060. The highest BCUT2D eigenvalue weighted by atomic mass is 16.6. The fourth-order valence-corrected chi connectivity index (χ4v) is 7.98. The second-order valence-corrected chi connectivity index (χ2v) is 16.4. The van der Waals surface area contributed by atoms with Gasteiger partial charge in [0, 0.05) is 5.92 Å². The van der Waals surface area contributed by atoms with Crippen LogP contribution in [0.3, 0.4) is 0 Å². The molecule has 3 aromatic carbocycles. The zero-order valence-electron chi connectivity index (χ0n) is 37.0. The zero-order chi connectivity index (χ0) is 43.9. The third-order valence-corrected chi connectivity index (χ3v) is 11.6. The number of anilines is 1. The molecule has 4 atom stereocenters. The van der Waals surface area contributed by atoms with Gasteiger partial charge >= 0.3 is 0 Å². The van der Waals surface area contributed by atoms with E-state index in [1.807, 2.05) is 78.9 Å². The van der Waals surface area contributed by atoms with Crippen molar-refractivity contribution in [2.75, 3.05) is 32.8 Å². The van der Waals surface area contributed by atoms with Crippen molar-refractivity contribution in [3.05, 3.63) is 102 Å². The Morgan fingerprint density at radius 1 is 0.758 bits per heavy atom. The molecule has 5 aromatic rings. The van der Waals surface area contributed by atoms with Crippen LogP contribution in [0.1, 0.15) is 121 Å². The molecule has 1 amide bonds. The first-order chi connectivity index (χ1) is 30.2. The van der Waals surface area contributed by atoms with Crippen molar-refractivity contribution < 1.29 is 38.7 Å². The summed E-state index contributed by atoms with van der Waals surface area (Å²) in [6.45, 7) is 6.12. The zero-order valence-corrected chi connectivity index (χ0v) is 37.0. The number of carbonyl (C=O) groups excluding carboxylic acids is 1. The van der Waals surface area contributed by atoms with Gasteiger partial charge in [-0.3, -0.25) is 14.7 Å². The van der Waals surface area contributed by atoms with Crippen molar-refractivity contribution >= 4 is 23.0 Å². The molecule has 1 fully saturated rings. The van der Waals surface area contributed by atoms with Gasteiger partial charge in [-0.2, -0.15) is 9.97 Å². The van der Waals surface area contributed by atoms with E-state index in [2.05, 4.69) is 27.2 Å². The molecule has 62 heavy (non-hydrogen) atoms. The van der Waals surface area contributed by atoms with E-state index in [0.717, 1.165) is 36.0 Å². The van der Waals surface area contributed by atoms with Gasteiger partial charge in [-0.15, -0.1) is 0 Å². The molecule has 1 saturated heterocycles. The summed E-state index contributed by atoms with van der Waals surface area (Å²) in [5, 5.41) is 26.0. The van der Waals surface area contributed by atoms with E-state index in [1.165, 1.54) is 64.1 Å². The standard InChI is InChI=1S/C49H65N5O8/c1-6-7-8-9-10-11-12-13-14-15-16-20-31-60-46-41-44(51-48(53-46)52-45(57)34(2)3)54(33-50-41)47-43(56)42(55)40(62-47)32-61-49(35-21-18-17-19-22-35,36-23-27-38(58-4)28-24-36)37-25-29-39(59-5)30-26-37/h17-19,21-30,33-34,40,42-43,47,55-56H,6-16,20,31-32H2,1-5H3,(H,51,52,53,57). The fraction of sp³-hybridized carbons (Fsp3) is 0.510. The molecule has 3 N–H and O–H groups in total. The van der Waals surface area contributed by atoms with Gasteiger partial charge in [0.05, 0.1) is 33.8 Å². The number of hydrogen-bond donors (Lipinski definition) is 3. The first-order valence-electron chi connectivity index (χ1n) is 22.4. The number of rotatable bonds is 25. The molecule has 334 valence electrons. The summed E-state index contributed by atoms with van der Waals surface area (Å²) in [5.41, 5.74) is 1.90. The van der Waals surface area contributed by atoms with Crippen molar-refractivity contribution in [2.45, 2.75) is 128 Å². The Balaban J connectivity index is 1.20. The fourth-order valence-electron chi connectivity index (χ4n) is 7.98. The molecule has 3 heterocycles. The highest BCUT2D eigenvalue weighted by Crippen LogP contribution is 2.43. The Hall–Kier alpha value is -5.08. The summed E-state index contributed by atoms with van der Waals surface area (Å²) < 4.78 is 32.2. The van der Waals surface area contributed by atoms with Crippen LogP contribution in [0.2, 0.25) is 0 Å². The molecule has 4 unspecified atom stereocenters. The summed E-state index contributed by atoms with van der Waals surface area (Å²) in [4.78, 5) is 26.6. The van der Waals surface area contributed by atoms with Crippen molar-refractivity contribution in [1.82, 2.24) is 19.5 Å². The number of benzene rings is 3. The molecule has 0 bridgehead atoms. The topological polar surface area (TPSA) is 159 Å². The number of hydrogen-bond acceptors (Lipinski definition) is 11. The summed E-state index contributed by atoms with van der Waals surface area (Å²) in [7, 11) is 3.23. The quantitative estimate of drug-likeness (QED) is 0.0380. The van der Waals surface area contributed by atoms with Crippen LogP contribution < -0.4 is 19.5 Å². The number of nitrogens with one attached hydrogen (secondary N) is 1. The maximum absolute atomic E-state index is 12.8. The number of unbranched alkanes of at least 4 members (excludes halogenated alkanes) is 11. The molecule has 6 rings (SSSR count). The molecule has 0 radical (unpaired) electrons. The lowest BCUT2D eigenvalue weighted by molar-refractivity contribution is -0.118. The second-order valence-electron chi connectivity index (χ2n) is 16.4. The molecule has 0 spiro atoms. The number of fused-ring (bicyclic) bond motifs is 1. The van der Waals surface area contributed by atoms with E-state index in [0.29, 0.717) is 23.6 Å². The average Bonchev–Trinajstić information content (AvgIpc) is 3.85. The average molecular weight is 852 g/mol. The van der Waals surface area contributed by atoms with Gasteiger partial charge in [0.2, 0.25) is 17.7 Å². The van der Waals surface area contributed by atoms with Gasteiger partial charge in [0.1, 0.15) is 35.4 Å². The predicted molar refractivity (Wildman–Crippen MR) is 240 cm³/mol.